The Morgan fingerprint density at radius 2 is 1.89 bits per heavy atom. The molecule has 0 fully saturated rings. The maximum absolute atomic E-state index is 14.7. The van der Waals surface area contributed by atoms with Gasteiger partial charge in [0.25, 0.3) is 0 Å². The fourth-order valence-corrected chi connectivity index (χ4v) is 5.63. The SMILES string of the molecule is Cc1ccc(C(CC(=O)O)c2cc(CN(C)C)c(F)cc2C)cc1CN1CCOc2ccccc2S1. The summed E-state index contributed by atoms with van der Waals surface area (Å²) >= 11 is 1.68. The van der Waals surface area contributed by atoms with E-state index in [4.69, 9.17) is 4.74 Å². The van der Waals surface area contributed by atoms with E-state index in [2.05, 4.69) is 29.4 Å². The Morgan fingerprint density at radius 3 is 2.64 bits per heavy atom. The Balaban J connectivity index is 1.67. The third-order valence-corrected chi connectivity index (χ3v) is 7.58. The average Bonchev–Trinajstić information content (AvgIpc) is 3.02. The second-order valence-electron chi connectivity index (χ2n) is 9.62. The molecule has 1 unspecified atom stereocenters. The molecule has 1 N–H and O–H groups in total. The molecule has 0 aliphatic carbocycles. The Morgan fingerprint density at radius 1 is 1.11 bits per heavy atom. The summed E-state index contributed by atoms with van der Waals surface area (Å²) in [5.74, 6) is -0.609. The number of nitrogens with zero attached hydrogens (tertiary/aromatic N) is 2. The lowest BCUT2D eigenvalue weighted by Gasteiger charge is -2.24. The number of fused-ring (bicyclic) bond motifs is 1. The van der Waals surface area contributed by atoms with Crippen LogP contribution < -0.4 is 4.74 Å². The van der Waals surface area contributed by atoms with E-state index in [0.717, 1.165) is 45.0 Å². The number of benzene rings is 3. The van der Waals surface area contributed by atoms with Gasteiger partial charge >= 0.3 is 5.97 Å². The summed E-state index contributed by atoms with van der Waals surface area (Å²) < 4.78 is 22.9. The first kappa shape index (κ1) is 26.2. The van der Waals surface area contributed by atoms with E-state index in [1.165, 1.54) is 6.07 Å². The van der Waals surface area contributed by atoms with Gasteiger partial charge in [-0.3, -0.25) is 4.79 Å². The third-order valence-electron chi connectivity index (χ3n) is 6.47. The molecule has 3 aromatic rings. The van der Waals surface area contributed by atoms with Gasteiger partial charge in [0.1, 0.15) is 18.2 Å². The van der Waals surface area contributed by atoms with Gasteiger partial charge in [-0.15, -0.1) is 0 Å². The van der Waals surface area contributed by atoms with Gasteiger partial charge < -0.3 is 14.7 Å². The number of aryl methyl sites for hydroxylation is 2. The molecule has 0 saturated carbocycles. The highest BCUT2D eigenvalue weighted by molar-refractivity contribution is 7.97. The van der Waals surface area contributed by atoms with Crippen LogP contribution in [-0.2, 0) is 17.9 Å². The van der Waals surface area contributed by atoms with Crippen LogP contribution in [0, 0.1) is 19.7 Å². The monoisotopic (exact) mass is 508 g/mol. The first-order valence-corrected chi connectivity index (χ1v) is 12.9. The van der Waals surface area contributed by atoms with E-state index in [0.29, 0.717) is 25.3 Å². The van der Waals surface area contributed by atoms with Crippen molar-refractivity contribution >= 4 is 17.9 Å². The van der Waals surface area contributed by atoms with Crippen LogP contribution in [0.3, 0.4) is 0 Å². The van der Waals surface area contributed by atoms with Gasteiger partial charge in [0.2, 0.25) is 0 Å². The van der Waals surface area contributed by atoms with Gasteiger partial charge in [-0.25, -0.2) is 8.70 Å². The highest BCUT2D eigenvalue weighted by atomic mass is 32.2. The fraction of sp³-hybridized carbons (Fsp3) is 0.345. The molecule has 0 spiro atoms. The first-order valence-electron chi connectivity index (χ1n) is 12.1. The highest BCUT2D eigenvalue weighted by Crippen LogP contribution is 2.37. The number of ether oxygens (including phenoxy) is 1. The molecule has 1 aliphatic heterocycles. The number of halogens is 1. The van der Waals surface area contributed by atoms with Crippen LogP contribution in [0.4, 0.5) is 4.39 Å². The topological polar surface area (TPSA) is 53.0 Å². The molecule has 3 aromatic carbocycles. The first-order chi connectivity index (χ1) is 17.2. The number of para-hydroxylation sites is 1. The minimum atomic E-state index is -0.878. The Hall–Kier alpha value is -2.87. The van der Waals surface area contributed by atoms with E-state index in [9.17, 15) is 14.3 Å². The van der Waals surface area contributed by atoms with Crippen molar-refractivity contribution in [2.75, 3.05) is 27.2 Å². The van der Waals surface area contributed by atoms with Crippen LogP contribution in [-0.4, -0.2) is 47.5 Å². The molecule has 0 radical (unpaired) electrons. The molecule has 0 amide bonds. The summed E-state index contributed by atoms with van der Waals surface area (Å²) in [6.07, 6.45) is -0.0595. The van der Waals surface area contributed by atoms with Crippen molar-refractivity contribution in [3.63, 3.8) is 0 Å². The molecule has 1 atom stereocenters. The van der Waals surface area contributed by atoms with Crippen molar-refractivity contribution in [3.8, 4) is 5.75 Å². The standard InChI is InChI=1S/C29H33FN2O3S/c1-19-9-10-21(14-22(19)18-32-11-12-35-27-7-5-6-8-28(27)36-32)25(16-29(33)34)24-15-23(17-31(3)4)26(30)13-20(24)2/h5-10,13-15,25H,11-12,16-18H2,1-4H3,(H,33,34). The van der Waals surface area contributed by atoms with Crippen LogP contribution in [0.25, 0.3) is 0 Å². The van der Waals surface area contributed by atoms with Crippen molar-refractivity contribution in [1.29, 1.82) is 0 Å². The predicted molar refractivity (Wildman–Crippen MR) is 142 cm³/mol. The summed E-state index contributed by atoms with van der Waals surface area (Å²) in [6.45, 7) is 6.47. The lowest BCUT2D eigenvalue weighted by atomic mass is 9.84. The van der Waals surface area contributed by atoms with Crippen LogP contribution in [0.5, 0.6) is 5.75 Å². The number of hydrogen-bond donors (Lipinski definition) is 1. The molecular formula is C29H33FN2O3S. The third kappa shape index (κ3) is 6.27. The molecular weight excluding hydrogens is 475 g/mol. The second-order valence-corrected chi connectivity index (χ2v) is 10.8. The van der Waals surface area contributed by atoms with Crippen LogP contribution >= 0.6 is 11.9 Å². The van der Waals surface area contributed by atoms with Crippen molar-refractivity contribution in [2.24, 2.45) is 0 Å². The molecule has 5 nitrogen and oxygen atoms in total. The number of carbonyl (C=O) groups is 1. The highest BCUT2D eigenvalue weighted by Gasteiger charge is 2.23. The predicted octanol–water partition coefficient (Wildman–Crippen LogP) is 6.01. The normalized spacial score (nSPS) is 14.7. The van der Waals surface area contributed by atoms with E-state index in [1.807, 2.05) is 56.3 Å². The van der Waals surface area contributed by atoms with Gasteiger partial charge in [-0.2, -0.15) is 0 Å². The van der Waals surface area contributed by atoms with Crippen molar-refractivity contribution in [3.05, 3.63) is 93.8 Å². The number of carboxylic acid groups (broad SMARTS) is 1. The number of aliphatic carboxylic acids is 1. The minimum Gasteiger partial charge on any atom is -0.491 e. The summed E-state index contributed by atoms with van der Waals surface area (Å²) in [4.78, 5) is 14.9. The lowest BCUT2D eigenvalue weighted by Crippen LogP contribution is -2.20. The number of carboxylic acids is 1. The fourth-order valence-electron chi connectivity index (χ4n) is 4.62. The Kier molecular flexibility index (Phi) is 8.34. The quantitative estimate of drug-likeness (QED) is 0.376. The van der Waals surface area contributed by atoms with Crippen molar-refractivity contribution < 1.29 is 19.0 Å². The maximum atomic E-state index is 14.7. The lowest BCUT2D eigenvalue weighted by molar-refractivity contribution is -0.137. The summed E-state index contributed by atoms with van der Waals surface area (Å²) in [6, 6.07) is 17.6. The molecule has 0 aromatic heterocycles. The van der Waals surface area contributed by atoms with Crippen LogP contribution in [0.15, 0.2) is 59.5 Å². The Labute approximate surface area is 217 Å². The van der Waals surface area contributed by atoms with Gasteiger partial charge in [0.15, 0.2) is 0 Å². The van der Waals surface area contributed by atoms with Gasteiger partial charge in [-0.05, 0) is 85.9 Å². The number of hydrogen-bond acceptors (Lipinski definition) is 5. The van der Waals surface area contributed by atoms with Gasteiger partial charge in [0, 0.05) is 31.1 Å². The van der Waals surface area contributed by atoms with Gasteiger partial charge in [-0.1, -0.05) is 36.4 Å². The maximum Gasteiger partial charge on any atom is 0.304 e. The molecule has 36 heavy (non-hydrogen) atoms. The largest absolute Gasteiger partial charge is 0.491 e. The minimum absolute atomic E-state index is 0.0595. The van der Waals surface area contributed by atoms with Crippen LogP contribution in [0.2, 0.25) is 0 Å². The zero-order valence-corrected chi connectivity index (χ0v) is 22.1. The molecule has 1 heterocycles. The smallest absolute Gasteiger partial charge is 0.304 e. The molecule has 4 rings (SSSR count). The molecule has 7 heteroatoms. The van der Waals surface area contributed by atoms with E-state index in [-0.39, 0.29) is 18.2 Å². The molecule has 0 bridgehead atoms. The molecule has 1 aliphatic rings. The number of rotatable bonds is 8. The van der Waals surface area contributed by atoms with E-state index >= 15 is 0 Å². The van der Waals surface area contributed by atoms with Gasteiger partial charge in [0.05, 0.1) is 11.3 Å². The zero-order valence-electron chi connectivity index (χ0n) is 21.3. The average molecular weight is 509 g/mol. The van der Waals surface area contributed by atoms with Crippen LogP contribution in [0.1, 0.15) is 45.7 Å². The van der Waals surface area contributed by atoms with Crippen molar-refractivity contribution in [2.45, 2.75) is 44.2 Å². The zero-order chi connectivity index (χ0) is 25.8. The summed E-state index contributed by atoms with van der Waals surface area (Å²) in [5.41, 5.74) is 5.42. The molecule has 0 saturated heterocycles. The van der Waals surface area contributed by atoms with E-state index in [1.54, 1.807) is 11.9 Å². The Bertz CT molecular complexity index is 1250. The van der Waals surface area contributed by atoms with E-state index < -0.39 is 5.97 Å². The summed E-state index contributed by atoms with van der Waals surface area (Å²) in [5, 5.41) is 9.77. The van der Waals surface area contributed by atoms with Crippen molar-refractivity contribution in [1.82, 2.24) is 9.21 Å². The second kappa shape index (κ2) is 11.5. The summed E-state index contributed by atoms with van der Waals surface area (Å²) in [7, 11) is 3.79. The molecule has 190 valence electrons.